The van der Waals surface area contributed by atoms with E-state index in [1.165, 1.54) is 0 Å². The van der Waals surface area contributed by atoms with Gasteiger partial charge in [0, 0.05) is 13.2 Å². The van der Waals surface area contributed by atoms with Gasteiger partial charge in [0.1, 0.15) is 0 Å². The Labute approximate surface area is 107 Å². The molecule has 0 atom stereocenters. The van der Waals surface area contributed by atoms with Crippen LogP contribution in [0.1, 0.15) is 18.1 Å². The standard InChI is InChI=1S/C12H16N2O3S/c1-2-17-8-7-14-18(15,16)10-12-6-4-3-5-11(12)9-13/h3-6,14H,2,7-8,10H2,1H3. The summed E-state index contributed by atoms with van der Waals surface area (Å²) >= 11 is 0. The van der Waals surface area contributed by atoms with Crippen LogP contribution in [0, 0.1) is 11.3 Å². The lowest BCUT2D eigenvalue weighted by atomic mass is 10.1. The van der Waals surface area contributed by atoms with E-state index in [4.69, 9.17) is 10.00 Å². The fourth-order valence-electron chi connectivity index (χ4n) is 1.42. The molecular formula is C12H16N2O3S. The number of rotatable bonds is 7. The van der Waals surface area contributed by atoms with E-state index in [0.717, 1.165) is 0 Å². The summed E-state index contributed by atoms with van der Waals surface area (Å²) in [4.78, 5) is 0. The number of nitrogens with one attached hydrogen (secondary N) is 1. The van der Waals surface area contributed by atoms with Crippen LogP contribution in [0.2, 0.25) is 0 Å². The molecule has 0 radical (unpaired) electrons. The number of benzene rings is 1. The van der Waals surface area contributed by atoms with Gasteiger partial charge in [-0.15, -0.1) is 0 Å². The Morgan fingerprint density at radius 1 is 1.39 bits per heavy atom. The smallest absolute Gasteiger partial charge is 0.215 e. The molecule has 0 unspecified atom stereocenters. The highest BCUT2D eigenvalue weighted by molar-refractivity contribution is 7.88. The second-order valence-corrected chi connectivity index (χ2v) is 5.43. The lowest BCUT2D eigenvalue weighted by Crippen LogP contribution is -2.28. The van der Waals surface area contributed by atoms with Gasteiger partial charge in [-0.1, -0.05) is 18.2 Å². The van der Waals surface area contributed by atoms with Gasteiger partial charge in [-0.05, 0) is 18.6 Å². The van der Waals surface area contributed by atoms with Crippen molar-refractivity contribution in [2.24, 2.45) is 0 Å². The van der Waals surface area contributed by atoms with Crippen LogP contribution in [-0.2, 0) is 20.5 Å². The second kappa shape index (κ2) is 7.11. The molecule has 5 nitrogen and oxygen atoms in total. The highest BCUT2D eigenvalue weighted by Gasteiger charge is 2.13. The van der Waals surface area contributed by atoms with E-state index in [1.807, 2.05) is 13.0 Å². The number of sulfonamides is 1. The summed E-state index contributed by atoms with van der Waals surface area (Å²) in [5.41, 5.74) is 0.886. The van der Waals surface area contributed by atoms with Crippen LogP contribution >= 0.6 is 0 Å². The summed E-state index contributed by atoms with van der Waals surface area (Å²) in [5, 5.41) is 8.88. The van der Waals surface area contributed by atoms with Crippen LogP contribution in [0.25, 0.3) is 0 Å². The van der Waals surface area contributed by atoms with Crippen molar-refractivity contribution in [1.82, 2.24) is 4.72 Å². The number of hydrogen-bond donors (Lipinski definition) is 1. The van der Waals surface area contributed by atoms with E-state index < -0.39 is 10.0 Å². The molecule has 6 heteroatoms. The van der Waals surface area contributed by atoms with Gasteiger partial charge in [0.25, 0.3) is 0 Å². The third-order valence-corrected chi connectivity index (χ3v) is 3.59. The molecule has 0 aliphatic carbocycles. The SMILES string of the molecule is CCOCCNS(=O)(=O)Cc1ccccc1C#N. The lowest BCUT2D eigenvalue weighted by Gasteiger charge is -2.07. The van der Waals surface area contributed by atoms with Gasteiger partial charge >= 0.3 is 0 Å². The molecule has 0 saturated heterocycles. The Hall–Kier alpha value is -1.42. The monoisotopic (exact) mass is 268 g/mol. The minimum absolute atomic E-state index is 0.192. The van der Waals surface area contributed by atoms with E-state index >= 15 is 0 Å². The van der Waals surface area contributed by atoms with E-state index in [2.05, 4.69) is 4.72 Å². The first kappa shape index (κ1) is 14.6. The molecule has 1 aromatic rings. The fourth-order valence-corrected chi connectivity index (χ4v) is 2.58. The maximum Gasteiger partial charge on any atom is 0.215 e. The normalized spacial score (nSPS) is 11.1. The first-order chi connectivity index (χ1) is 8.59. The molecule has 1 aromatic carbocycles. The topological polar surface area (TPSA) is 79.2 Å². The van der Waals surface area contributed by atoms with E-state index in [1.54, 1.807) is 24.3 Å². The summed E-state index contributed by atoms with van der Waals surface area (Å²) in [6.07, 6.45) is 0. The van der Waals surface area contributed by atoms with E-state index in [0.29, 0.717) is 24.3 Å². The Morgan fingerprint density at radius 3 is 2.78 bits per heavy atom. The number of hydrogen-bond acceptors (Lipinski definition) is 4. The maximum atomic E-state index is 11.8. The Morgan fingerprint density at radius 2 is 2.11 bits per heavy atom. The van der Waals surface area contributed by atoms with Gasteiger partial charge < -0.3 is 4.74 Å². The first-order valence-corrected chi connectivity index (χ1v) is 7.27. The van der Waals surface area contributed by atoms with Crippen molar-refractivity contribution in [3.63, 3.8) is 0 Å². The van der Waals surface area contributed by atoms with Crippen molar-refractivity contribution in [2.75, 3.05) is 19.8 Å². The number of nitriles is 1. The van der Waals surface area contributed by atoms with Crippen molar-refractivity contribution in [3.8, 4) is 6.07 Å². The molecule has 0 aromatic heterocycles. The van der Waals surface area contributed by atoms with E-state index in [9.17, 15) is 8.42 Å². The minimum Gasteiger partial charge on any atom is -0.380 e. The predicted octanol–water partition coefficient (Wildman–Crippen LogP) is 1.01. The summed E-state index contributed by atoms with van der Waals surface area (Å²) in [6, 6.07) is 8.64. The summed E-state index contributed by atoms with van der Waals surface area (Å²) in [7, 11) is -3.43. The van der Waals surface area contributed by atoms with Crippen LogP contribution in [0.5, 0.6) is 0 Å². The van der Waals surface area contributed by atoms with Gasteiger partial charge in [-0.25, -0.2) is 13.1 Å². The van der Waals surface area contributed by atoms with Gasteiger partial charge in [-0.3, -0.25) is 0 Å². The van der Waals surface area contributed by atoms with Crippen molar-refractivity contribution in [2.45, 2.75) is 12.7 Å². The summed E-state index contributed by atoms with van der Waals surface area (Å²) in [6.45, 7) is 2.98. The van der Waals surface area contributed by atoms with Crippen molar-refractivity contribution >= 4 is 10.0 Å². The predicted molar refractivity (Wildman–Crippen MR) is 68.3 cm³/mol. The Bertz CT molecular complexity index is 520. The molecule has 0 bridgehead atoms. The zero-order valence-corrected chi connectivity index (χ0v) is 11.0. The zero-order chi connectivity index (χ0) is 13.4. The molecule has 1 N–H and O–H groups in total. The van der Waals surface area contributed by atoms with Crippen LogP contribution in [-0.4, -0.2) is 28.2 Å². The average Bonchev–Trinajstić information content (AvgIpc) is 2.35. The third-order valence-electron chi connectivity index (χ3n) is 2.26. The molecule has 0 aliphatic rings. The fraction of sp³-hybridized carbons (Fsp3) is 0.417. The zero-order valence-electron chi connectivity index (χ0n) is 10.2. The summed E-state index contributed by atoms with van der Waals surface area (Å²) in [5.74, 6) is -0.192. The second-order valence-electron chi connectivity index (χ2n) is 3.62. The van der Waals surface area contributed by atoms with Crippen molar-refractivity contribution in [1.29, 1.82) is 5.26 Å². The largest absolute Gasteiger partial charge is 0.380 e. The molecule has 0 saturated carbocycles. The van der Waals surface area contributed by atoms with Gasteiger partial charge in [0.15, 0.2) is 0 Å². The van der Waals surface area contributed by atoms with Crippen LogP contribution in [0.4, 0.5) is 0 Å². The Kier molecular flexibility index (Phi) is 5.78. The quantitative estimate of drug-likeness (QED) is 0.749. The van der Waals surface area contributed by atoms with E-state index in [-0.39, 0.29) is 12.3 Å². The lowest BCUT2D eigenvalue weighted by molar-refractivity contribution is 0.153. The van der Waals surface area contributed by atoms with Crippen LogP contribution < -0.4 is 4.72 Å². The summed E-state index contributed by atoms with van der Waals surface area (Å²) < 4.78 is 31.0. The first-order valence-electron chi connectivity index (χ1n) is 5.62. The highest BCUT2D eigenvalue weighted by Crippen LogP contribution is 2.10. The molecular weight excluding hydrogens is 252 g/mol. The van der Waals surface area contributed by atoms with Crippen molar-refractivity contribution in [3.05, 3.63) is 35.4 Å². The number of nitrogens with zero attached hydrogens (tertiary/aromatic N) is 1. The molecule has 0 heterocycles. The molecule has 18 heavy (non-hydrogen) atoms. The maximum absolute atomic E-state index is 11.8. The van der Waals surface area contributed by atoms with Gasteiger partial charge in [0.2, 0.25) is 10.0 Å². The highest BCUT2D eigenvalue weighted by atomic mass is 32.2. The molecule has 0 amide bonds. The molecule has 1 rings (SSSR count). The Balaban J connectivity index is 2.63. The molecule has 0 fully saturated rings. The average molecular weight is 268 g/mol. The van der Waals surface area contributed by atoms with Gasteiger partial charge in [-0.2, -0.15) is 5.26 Å². The molecule has 0 aliphatic heterocycles. The van der Waals surface area contributed by atoms with Gasteiger partial charge in [0.05, 0.1) is 24.0 Å². The minimum atomic E-state index is -3.43. The molecule has 98 valence electrons. The third kappa shape index (κ3) is 4.84. The van der Waals surface area contributed by atoms with Crippen LogP contribution in [0.3, 0.4) is 0 Å². The number of ether oxygens (including phenoxy) is 1. The van der Waals surface area contributed by atoms with Crippen molar-refractivity contribution < 1.29 is 13.2 Å². The molecule has 0 spiro atoms. The van der Waals surface area contributed by atoms with Crippen LogP contribution in [0.15, 0.2) is 24.3 Å².